The number of nitrogens with one attached hydrogen (secondary N) is 2. The summed E-state index contributed by atoms with van der Waals surface area (Å²) in [6, 6.07) is 0. The maximum atomic E-state index is 10.6. The van der Waals surface area contributed by atoms with E-state index in [2.05, 4.69) is 17.6 Å². The van der Waals surface area contributed by atoms with E-state index in [4.69, 9.17) is 0 Å². The Balaban J connectivity index is 2.96. The zero-order valence-corrected chi connectivity index (χ0v) is 6.74. The fourth-order valence-corrected chi connectivity index (χ4v) is 0.676. The topological polar surface area (TPSA) is 41.1 Å². The zero-order chi connectivity index (χ0) is 7.82. The molecule has 0 aromatic rings. The van der Waals surface area contributed by atoms with E-state index in [-0.39, 0.29) is 5.91 Å². The Hall–Kier alpha value is -0.570. The third-order valence-electron chi connectivity index (χ3n) is 1.29. The second-order valence-electron chi connectivity index (χ2n) is 2.13. The molecule has 0 saturated heterocycles. The summed E-state index contributed by atoms with van der Waals surface area (Å²) in [4.78, 5) is 10.6. The van der Waals surface area contributed by atoms with Gasteiger partial charge in [-0.25, -0.2) is 0 Å². The van der Waals surface area contributed by atoms with Crippen molar-refractivity contribution in [2.75, 3.05) is 20.1 Å². The van der Waals surface area contributed by atoms with Gasteiger partial charge in [0.15, 0.2) is 0 Å². The van der Waals surface area contributed by atoms with Crippen LogP contribution in [0.1, 0.15) is 19.8 Å². The highest BCUT2D eigenvalue weighted by molar-refractivity contribution is 5.75. The molecule has 3 heteroatoms. The molecule has 0 fully saturated rings. The molecule has 0 aromatic heterocycles. The molecule has 0 atom stereocenters. The second-order valence-corrected chi connectivity index (χ2v) is 2.13. The first-order valence-corrected chi connectivity index (χ1v) is 3.72. The summed E-state index contributed by atoms with van der Waals surface area (Å²) in [5, 5.41) is 5.72. The van der Waals surface area contributed by atoms with Crippen molar-refractivity contribution < 1.29 is 4.79 Å². The molecule has 0 heterocycles. The van der Waals surface area contributed by atoms with Gasteiger partial charge in [0.05, 0.1) is 0 Å². The van der Waals surface area contributed by atoms with Crippen molar-refractivity contribution >= 4 is 5.91 Å². The predicted octanol–water partition coefficient (Wildman–Crippen LogP) is 0.122. The first kappa shape index (κ1) is 9.43. The molecular weight excluding hydrogens is 128 g/mol. The first-order chi connectivity index (χ1) is 4.81. The third-order valence-corrected chi connectivity index (χ3v) is 1.29. The average molecular weight is 144 g/mol. The largest absolute Gasteiger partial charge is 0.359 e. The van der Waals surface area contributed by atoms with Gasteiger partial charge in [0.25, 0.3) is 0 Å². The van der Waals surface area contributed by atoms with Crippen LogP contribution >= 0.6 is 0 Å². The molecule has 0 unspecified atom stereocenters. The summed E-state index contributed by atoms with van der Waals surface area (Å²) in [6.07, 6.45) is 1.55. The Bertz CT molecular complexity index is 93.6. The maximum absolute atomic E-state index is 10.6. The van der Waals surface area contributed by atoms with Crippen molar-refractivity contribution in [2.45, 2.75) is 19.8 Å². The van der Waals surface area contributed by atoms with Crippen LogP contribution in [0.4, 0.5) is 0 Å². The molecule has 0 aromatic carbocycles. The van der Waals surface area contributed by atoms with Gasteiger partial charge in [0, 0.05) is 13.5 Å². The highest BCUT2D eigenvalue weighted by atomic mass is 16.1. The molecule has 0 aliphatic rings. The molecule has 0 aliphatic carbocycles. The number of amides is 1. The van der Waals surface area contributed by atoms with E-state index in [0.717, 1.165) is 19.5 Å². The summed E-state index contributed by atoms with van der Waals surface area (Å²) < 4.78 is 0. The Kier molecular flexibility index (Phi) is 6.18. The molecule has 0 rings (SSSR count). The minimum absolute atomic E-state index is 0.123. The maximum Gasteiger partial charge on any atom is 0.219 e. The normalized spacial score (nSPS) is 9.40. The smallest absolute Gasteiger partial charge is 0.219 e. The molecule has 1 amide bonds. The van der Waals surface area contributed by atoms with Crippen molar-refractivity contribution in [1.29, 1.82) is 0 Å². The van der Waals surface area contributed by atoms with Crippen LogP contribution in [0.25, 0.3) is 0 Å². The van der Waals surface area contributed by atoms with Crippen molar-refractivity contribution in [2.24, 2.45) is 0 Å². The van der Waals surface area contributed by atoms with Gasteiger partial charge in [0.2, 0.25) is 5.91 Å². The second kappa shape index (κ2) is 6.55. The van der Waals surface area contributed by atoms with Crippen molar-refractivity contribution in [3.8, 4) is 0 Å². The molecule has 3 nitrogen and oxygen atoms in total. The highest BCUT2D eigenvalue weighted by Gasteiger charge is 1.94. The van der Waals surface area contributed by atoms with E-state index in [1.807, 2.05) is 0 Å². The fourth-order valence-electron chi connectivity index (χ4n) is 0.676. The zero-order valence-electron chi connectivity index (χ0n) is 6.74. The molecular formula is C7H16N2O. The monoisotopic (exact) mass is 144 g/mol. The fraction of sp³-hybridized carbons (Fsp3) is 0.857. The lowest BCUT2D eigenvalue weighted by Crippen LogP contribution is -2.20. The van der Waals surface area contributed by atoms with Gasteiger partial charge in [0.1, 0.15) is 0 Å². The summed E-state index contributed by atoms with van der Waals surface area (Å²) in [6.45, 7) is 3.97. The summed E-state index contributed by atoms with van der Waals surface area (Å²) in [5.41, 5.74) is 0. The van der Waals surface area contributed by atoms with E-state index in [1.165, 1.54) is 0 Å². The van der Waals surface area contributed by atoms with Gasteiger partial charge in [-0.3, -0.25) is 4.79 Å². The highest BCUT2D eigenvalue weighted by Crippen LogP contribution is 1.84. The van der Waals surface area contributed by atoms with E-state index >= 15 is 0 Å². The van der Waals surface area contributed by atoms with Crippen LogP contribution in [0.5, 0.6) is 0 Å². The summed E-state index contributed by atoms with van der Waals surface area (Å²) in [5.74, 6) is 0.123. The number of carbonyl (C=O) groups excluding carboxylic acids is 1. The van der Waals surface area contributed by atoms with Crippen LogP contribution in [0.3, 0.4) is 0 Å². The number of carbonyl (C=O) groups is 1. The Labute approximate surface area is 62.2 Å². The summed E-state index contributed by atoms with van der Waals surface area (Å²) in [7, 11) is 1.66. The predicted molar refractivity (Wildman–Crippen MR) is 41.8 cm³/mol. The van der Waals surface area contributed by atoms with Crippen LogP contribution in [0.2, 0.25) is 0 Å². The standard InChI is InChI=1S/C7H16N2O/c1-3-9-6-4-5-7(10)8-2/h9H,3-6H2,1-2H3,(H,8,10). The quantitative estimate of drug-likeness (QED) is 0.538. The molecule has 0 radical (unpaired) electrons. The lowest BCUT2D eigenvalue weighted by Gasteiger charge is -1.99. The summed E-state index contributed by atoms with van der Waals surface area (Å²) >= 11 is 0. The molecule has 10 heavy (non-hydrogen) atoms. The van der Waals surface area contributed by atoms with Crippen LogP contribution in [-0.2, 0) is 4.79 Å². The Morgan fingerprint density at radius 2 is 2.20 bits per heavy atom. The number of hydrogen-bond donors (Lipinski definition) is 2. The van der Waals surface area contributed by atoms with Gasteiger partial charge in [-0.15, -0.1) is 0 Å². The Morgan fingerprint density at radius 3 is 2.70 bits per heavy atom. The van der Waals surface area contributed by atoms with Crippen LogP contribution in [0.15, 0.2) is 0 Å². The van der Waals surface area contributed by atoms with Crippen molar-refractivity contribution in [3.63, 3.8) is 0 Å². The van der Waals surface area contributed by atoms with E-state index in [0.29, 0.717) is 6.42 Å². The molecule has 0 saturated carbocycles. The van der Waals surface area contributed by atoms with Crippen LogP contribution in [0, 0.1) is 0 Å². The molecule has 60 valence electrons. The Morgan fingerprint density at radius 1 is 1.50 bits per heavy atom. The third kappa shape index (κ3) is 5.56. The van der Waals surface area contributed by atoms with Gasteiger partial charge < -0.3 is 10.6 Å². The number of rotatable bonds is 5. The van der Waals surface area contributed by atoms with Gasteiger partial charge in [-0.05, 0) is 19.5 Å². The molecule has 0 spiro atoms. The van der Waals surface area contributed by atoms with Gasteiger partial charge in [-0.1, -0.05) is 6.92 Å². The molecule has 0 aliphatic heterocycles. The van der Waals surface area contributed by atoms with E-state index in [9.17, 15) is 4.79 Å². The van der Waals surface area contributed by atoms with Crippen LogP contribution < -0.4 is 10.6 Å². The number of hydrogen-bond acceptors (Lipinski definition) is 2. The first-order valence-electron chi connectivity index (χ1n) is 3.72. The van der Waals surface area contributed by atoms with E-state index < -0.39 is 0 Å². The van der Waals surface area contributed by atoms with Gasteiger partial charge >= 0.3 is 0 Å². The SMILES string of the molecule is CCNCCCC(=O)NC. The van der Waals surface area contributed by atoms with Crippen molar-refractivity contribution in [1.82, 2.24) is 10.6 Å². The molecule has 2 N–H and O–H groups in total. The lowest BCUT2D eigenvalue weighted by molar-refractivity contribution is -0.120. The average Bonchev–Trinajstić information content (AvgIpc) is 1.98. The van der Waals surface area contributed by atoms with Gasteiger partial charge in [-0.2, -0.15) is 0 Å². The minimum Gasteiger partial charge on any atom is -0.359 e. The lowest BCUT2D eigenvalue weighted by atomic mass is 10.3. The van der Waals surface area contributed by atoms with Crippen LogP contribution in [-0.4, -0.2) is 26.0 Å². The minimum atomic E-state index is 0.123. The van der Waals surface area contributed by atoms with Crippen molar-refractivity contribution in [3.05, 3.63) is 0 Å². The van der Waals surface area contributed by atoms with E-state index in [1.54, 1.807) is 7.05 Å². The molecule has 0 bridgehead atoms.